The molecule has 1 aromatic rings. The fourth-order valence-electron chi connectivity index (χ4n) is 2.04. The van der Waals surface area contributed by atoms with Crippen molar-refractivity contribution < 1.29 is 0 Å². The third-order valence-corrected chi connectivity index (χ3v) is 2.63. The largest absolute Gasteiger partial charge is 0.260 e. The van der Waals surface area contributed by atoms with Crippen LogP contribution >= 0.6 is 0 Å². The second-order valence-corrected chi connectivity index (χ2v) is 3.97. The Bertz CT molecular complexity index is 362. The molecule has 0 saturated carbocycles. The highest BCUT2D eigenvalue weighted by Crippen LogP contribution is 2.35. The van der Waals surface area contributed by atoms with Crippen LogP contribution in [0.4, 0.5) is 5.69 Å². The number of fused-ring (bicyclic) bond motifs is 1. The maximum Gasteiger partial charge on any atom is 0.0698 e. The molecule has 1 nitrogen and oxygen atoms in total. The van der Waals surface area contributed by atoms with E-state index in [1.165, 1.54) is 22.4 Å². The van der Waals surface area contributed by atoms with Crippen LogP contribution < -0.4 is 0 Å². The molecule has 0 bridgehead atoms. The highest BCUT2D eigenvalue weighted by molar-refractivity contribution is 5.78. The zero-order chi connectivity index (χ0) is 9.42. The van der Waals surface area contributed by atoms with E-state index in [1.54, 1.807) is 0 Å². The molecule has 0 aliphatic carbocycles. The maximum absolute atomic E-state index is 4.46. The average Bonchev–Trinajstić information content (AvgIpc) is 2.50. The SMILES string of the molecule is Cc1ccc2c(c1C(C)C)N=CC2. The topological polar surface area (TPSA) is 12.4 Å². The lowest BCUT2D eigenvalue weighted by atomic mass is 9.93. The number of benzene rings is 1. The van der Waals surface area contributed by atoms with Gasteiger partial charge in [0.15, 0.2) is 0 Å². The zero-order valence-electron chi connectivity index (χ0n) is 8.46. The lowest BCUT2D eigenvalue weighted by molar-refractivity contribution is 0.856. The Balaban J connectivity index is 2.64. The van der Waals surface area contributed by atoms with Crippen molar-refractivity contribution in [2.24, 2.45) is 4.99 Å². The van der Waals surface area contributed by atoms with Crippen molar-refractivity contribution in [3.8, 4) is 0 Å². The van der Waals surface area contributed by atoms with E-state index in [9.17, 15) is 0 Å². The van der Waals surface area contributed by atoms with Crippen LogP contribution in [0.1, 0.15) is 36.5 Å². The minimum atomic E-state index is 0.574. The van der Waals surface area contributed by atoms with Gasteiger partial charge in [0.05, 0.1) is 5.69 Å². The van der Waals surface area contributed by atoms with Gasteiger partial charge >= 0.3 is 0 Å². The van der Waals surface area contributed by atoms with Gasteiger partial charge in [-0.25, -0.2) is 0 Å². The molecule has 0 atom stereocenters. The molecule has 1 aliphatic rings. The Morgan fingerprint density at radius 1 is 1.31 bits per heavy atom. The van der Waals surface area contributed by atoms with Gasteiger partial charge in [0, 0.05) is 12.6 Å². The minimum absolute atomic E-state index is 0.574. The fraction of sp³-hybridized carbons (Fsp3) is 0.417. The van der Waals surface area contributed by atoms with Crippen LogP contribution in [0.5, 0.6) is 0 Å². The molecular formula is C12H15N. The maximum atomic E-state index is 4.46. The van der Waals surface area contributed by atoms with Crippen molar-refractivity contribution in [3.63, 3.8) is 0 Å². The van der Waals surface area contributed by atoms with E-state index in [2.05, 4.69) is 37.9 Å². The van der Waals surface area contributed by atoms with Gasteiger partial charge in [-0.15, -0.1) is 0 Å². The van der Waals surface area contributed by atoms with Gasteiger partial charge in [-0.3, -0.25) is 4.99 Å². The van der Waals surface area contributed by atoms with Crippen molar-refractivity contribution in [1.82, 2.24) is 0 Å². The summed E-state index contributed by atoms with van der Waals surface area (Å²) in [7, 11) is 0. The van der Waals surface area contributed by atoms with Crippen molar-refractivity contribution >= 4 is 11.9 Å². The van der Waals surface area contributed by atoms with Gasteiger partial charge in [-0.1, -0.05) is 26.0 Å². The fourth-order valence-corrected chi connectivity index (χ4v) is 2.04. The Kier molecular flexibility index (Phi) is 1.95. The van der Waals surface area contributed by atoms with E-state index in [0.717, 1.165) is 6.42 Å². The molecule has 0 spiro atoms. The molecule has 68 valence electrons. The predicted octanol–water partition coefficient (Wildman–Crippen LogP) is 3.38. The molecular weight excluding hydrogens is 158 g/mol. The third-order valence-electron chi connectivity index (χ3n) is 2.63. The molecule has 13 heavy (non-hydrogen) atoms. The second-order valence-electron chi connectivity index (χ2n) is 3.97. The van der Waals surface area contributed by atoms with Crippen LogP contribution in [0.3, 0.4) is 0 Å². The summed E-state index contributed by atoms with van der Waals surface area (Å²) in [5, 5.41) is 0. The van der Waals surface area contributed by atoms with E-state index in [-0.39, 0.29) is 0 Å². The van der Waals surface area contributed by atoms with Gasteiger partial charge in [0.1, 0.15) is 0 Å². The van der Waals surface area contributed by atoms with Crippen LogP contribution in [0.2, 0.25) is 0 Å². The molecule has 0 N–H and O–H groups in total. The molecule has 2 rings (SSSR count). The summed E-state index contributed by atoms with van der Waals surface area (Å²) in [4.78, 5) is 4.46. The summed E-state index contributed by atoms with van der Waals surface area (Å²) in [6, 6.07) is 4.41. The predicted molar refractivity (Wildman–Crippen MR) is 57.1 cm³/mol. The van der Waals surface area contributed by atoms with Crippen LogP contribution in [0.25, 0.3) is 0 Å². The lowest BCUT2D eigenvalue weighted by Gasteiger charge is -2.13. The molecule has 0 fully saturated rings. The number of nitrogens with zero attached hydrogens (tertiary/aromatic N) is 1. The van der Waals surface area contributed by atoms with Crippen molar-refractivity contribution in [2.45, 2.75) is 33.1 Å². The first-order valence-corrected chi connectivity index (χ1v) is 4.85. The Morgan fingerprint density at radius 2 is 2.08 bits per heavy atom. The Labute approximate surface area is 79.5 Å². The summed E-state index contributed by atoms with van der Waals surface area (Å²) in [5.74, 6) is 0.574. The number of rotatable bonds is 1. The first kappa shape index (κ1) is 8.49. The molecule has 0 unspecified atom stereocenters. The van der Waals surface area contributed by atoms with E-state index in [0.29, 0.717) is 5.92 Å². The zero-order valence-corrected chi connectivity index (χ0v) is 8.46. The number of aliphatic imine (C=N–C) groups is 1. The molecule has 1 aliphatic heterocycles. The van der Waals surface area contributed by atoms with Crippen LogP contribution in [0, 0.1) is 6.92 Å². The summed E-state index contributed by atoms with van der Waals surface area (Å²) in [6.07, 6.45) is 3.02. The summed E-state index contributed by atoms with van der Waals surface area (Å²) in [5.41, 5.74) is 5.41. The standard InChI is InChI=1S/C12H15N/c1-8(2)11-9(3)4-5-10-6-7-13-12(10)11/h4-5,7-8H,6H2,1-3H3. The van der Waals surface area contributed by atoms with Crippen LogP contribution in [-0.4, -0.2) is 6.21 Å². The van der Waals surface area contributed by atoms with Crippen molar-refractivity contribution in [3.05, 3.63) is 28.8 Å². The monoisotopic (exact) mass is 173 g/mol. The van der Waals surface area contributed by atoms with E-state index in [4.69, 9.17) is 0 Å². The highest BCUT2D eigenvalue weighted by atomic mass is 14.8. The summed E-state index contributed by atoms with van der Waals surface area (Å²) >= 11 is 0. The van der Waals surface area contributed by atoms with Gasteiger partial charge in [0.2, 0.25) is 0 Å². The molecule has 0 aromatic heterocycles. The van der Waals surface area contributed by atoms with Crippen LogP contribution in [-0.2, 0) is 6.42 Å². The lowest BCUT2D eigenvalue weighted by Crippen LogP contribution is -1.93. The van der Waals surface area contributed by atoms with E-state index >= 15 is 0 Å². The number of hydrogen-bond donors (Lipinski definition) is 0. The van der Waals surface area contributed by atoms with E-state index < -0.39 is 0 Å². The van der Waals surface area contributed by atoms with Crippen molar-refractivity contribution in [1.29, 1.82) is 0 Å². The first-order chi connectivity index (χ1) is 6.20. The average molecular weight is 173 g/mol. The van der Waals surface area contributed by atoms with Crippen LogP contribution in [0.15, 0.2) is 17.1 Å². The normalized spacial score (nSPS) is 13.8. The van der Waals surface area contributed by atoms with Gasteiger partial charge < -0.3 is 0 Å². The molecule has 1 aromatic carbocycles. The molecule has 1 heteroatoms. The Morgan fingerprint density at radius 3 is 2.77 bits per heavy atom. The van der Waals surface area contributed by atoms with E-state index in [1.807, 2.05) is 6.21 Å². The van der Waals surface area contributed by atoms with Gasteiger partial charge in [-0.2, -0.15) is 0 Å². The summed E-state index contributed by atoms with van der Waals surface area (Å²) in [6.45, 7) is 6.64. The molecule has 0 saturated heterocycles. The molecule has 1 heterocycles. The number of aryl methyl sites for hydroxylation is 1. The smallest absolute Gasteiger partial charge is 0.0698 e. The Hall–Kier alpha value is -1.11. The molecule has 0 radical (unpaired) electrons. The van der Waals surface area contributed by atoms with Gasteiger partial charge in [0.25, 0.3) is 0 Å². The first-order valence-electron chi connectivity index (χ1n) is 4.85. The van der Waals surface area contributed by atoms with Gasteiger partial charge in [-0.05, 0) is 29.5 Å². The second kappa shape index (κ2) is 2.99. The minimum Gasteiger partial charge on any atom is -0.260 e. The highest BCUT2D eigenvalue weighted by Gasteiger charge is 2.15. The summed E-state index contributed by atoms with van der Waals surface area (Å²) < 4.78 is 0. The quantitative estimate of drug-likeness (QED) is 0.617. The third kappa shape index (κ3) is 1.28. The van der Waals surface area contributed by atoms with Crippen molar-refractivity contribution in [2.75, 3.05) is 0 Å². The number of hydrogen-bond acceptors (Lipinski definition) is 1. The molecule has 0 amide bonds.